The largest absolute Gasteiger partial charge is 0.482 e. The average Bonchev–Trinajstić information content (AvgIpc) is 3.29. The van der Waals surface area contributed by atoms with E-state index < -0.39 is 5.97 Å². The van der Waals surface area contributed by atoms with Gasteiger partial charge in [-0.05, 0) is 35.0 Å². The Bertz CT molecular complexity index is 1330. The van der Waals surface area contributed by atoms with Gasteiger partial charge in [0.05, 0.1) is 0 Å². The Morgan fingerprint density at radius 1 is 0.781 bits per heavy atom. The number of hydrogen-bond acceptors (Lipinski definition) is 4. The molecular formula is C27H19NO4. The van der Waals surface area contributed by atoms with Gasteiger partial charge >= 0.3 is 5.97 Å². The van der Waals surface area contributed by atoms with Gasteiger partial charge in [-0.2, -0.15) is 0 Å². The highest BCUT2D eigenvalue weighted by molar-refractivity contribution is 5.88. The SMILES string of the molecule is O=C(O)COc1ccc2cc(-c3nc(-c4ccccc4)c(-c4ccccc4)o3)ccc2c1. The topological polar surface area (TPSA) is 72.6 Å². The van der Waals surface area contributed by atoms with Crippen molar-refractivity contribution < 1.29 is 19.1 Å². The molecule has 0 aliphatic heterocycles. The predicted molar refractivity (Wildman–Crippen MR) is 123 cm³/mol. The average molecular weight is 421 g/mol. The van der Waals surface area contributed by atoms with Crippen LogP contribution in [0.4, 0.5) is 0 Å². The number of benzene rings is 4. The Morgan fingerprint density at radius 2 is 1.44 bits per heavy atom. The highest BCUT2D eigenvalue weighted by atomic mass is 16.5. The Balaban J connectivity index is 1.56. The third kappa shape index (κ3) is 3.96. The molecule has 0 bridgehead atoms. The number of nitrogens with zero attached hydrogens (tertiary/aromatic N) is 1. The van der Waals surface area contributed by atoms with Crippen molar-refractivity contribution in [1.29, 1.82) is 0 Å². The molecule has 1 N–H and O–H groups in total. The predicted octanol–water partition coefficient (Wildman–Crippen LogP) is 6.29. The molecule has 5 heteroatoms. The number of oxazole rings is 1. The van der Waals surface area contributed by atoms with Crippen LogP contribution in [-0.4, -0.2) is 22.7 Å². The molecule has 0 unspecified atom stereocenters. The summed E-state index contributed by atoms with van der Waals surface area (Å²) in [4.78, 5) is 15.6. The number of rotatable bonds is 6. The fourth-order valence-corrected chi connectivity index (χ4v) is 3.61. The second kappa shape index (κ2) is 8.40. The number of hydrogen-bond donors (Lipinski definition) is 1. The van der Waals surface area contributed by atoms with Crippen molar-refractivity contribution in [3.63, 3.8) is 0 Å². The van der Waals surface area contributed by atoms with E-state index in [1.807, 2.05) is 91.0 Å². The number of carbonyl (C=O) groups is 1. The summed E-state index contributed by atoms with van der Waals surface area (Å²) < 4.78 is 11.6. The fourth-order valence-electron chi connectivity index (χ4n) is 3.61. The number of aromatic nitrogens is 1. The maximum atomic E-state index is 10.7. The lowest BCUT2D eigenvalue weighted by Crippen LogP contribution is -2.09. The molecule has 5 aromatic rings. The first-order chi connectivity index (χ1) is 15.7. The normalized spacial score (nSPS) is 10.9. The van der Waals surface area contributed by atoms with Gasteiger partial charge in [-0.1, -0.05) is 72.8 Å². The first kappa shape index (κ1) is 19.6. The van der Waals surface area contributed by atoms with E-state index in [2.05, 4.69) is 0 Å². The van der Waals surface area contributed by atoms with Gasteiger partial charge in [0.2, 0.25) is 5.89 Å². The molecule has 0 radical (unpaired) electrons. The zero-order valence-electron chi connectivity index (χ0n) is 17.1. The molecule has 0 amide bonds. The summed E-state index contributed by atoms with van der Waals surface area (Å²) in [5, 5.41) is 10.7. The van der Waals surface area contributed by atoms with E-state index in [-0.39, 0.29) is 6.61 Å². The molecule has 32 heavy (non-hydrogen) atoms. The molecule has 0 saturated carbocycles. The molecule has 1 aromatic heterocycles. The van der Waals surface area contributed by atoms with Gasteiger partial charge < -0.3 is 14.3 Å². The van der Waals surface area contributed by atoms with Crippen LogP contribution in [0.5, 0.6) is 5.75 Å². The van der Waals surface area contributed by atoms with E-state index in [4.69, 9.17) is 19.2 Å². The molecule has 5 nitrogen and oxygen atoms in total. The van der Waals surface area contributed by atoms with Crippen LogP contribution in [0.2, 0.25) is 0 Å². The molecule has 1 heterocycles. The van der Waals surface area contributed by atoms with Gasteiger partial charge in [-0.25, -0.2) is 9.78 Å². The molecule has 0 atom stereocenters. The number of fused-ring (bicyclic) bond motifs is 1. The van der Waals surface area contributed by atoms with E-state index in [0.29, 0.717) is 11.6 Å². The van der Waals surface area contributed by atoms with Gasteiger partial charge in [0.1, 0.15) is 11.4 Å². The first-order valence-electron chi connectivity index (χ1n) is 10.2. The van der Waals surface area contributed by atoms with Crippen LogP contribution < -0.4 is 4.74 Å². The van der Waals surface area contributed by atoms with Crippen LogP contribution in [0.25, 0.3) is 44.8 Å². The van der Waals surface area contributed by atoms with E-state index in [1.165, 1.54) is 0 Å². The van der Waals surface area contributed by atoms with Crippen molar-refractivity contribution in [2.75, 3.05) is 6.61 Å². The summed E-state index contributed by atoms with van der Waals surface area (Å²) in [6.45, 7) is -0.371. The highest BCUT2D eigenvalue weighted by Gasteiger charge is 2.18. The lowest BCUT2D eigenvalue weighted by molar-refractivity contribution is -0.139. The van der Waals surface area contributed by atoms with Crippen molar-refractivity contribution in [3.8, 4) is 39.8 Å². The van der Waals surface area contributed by atoms with Crippen LogP contribution in [0.1, 0.15) is 0 Å². The molecule has 0 saturated heterocycles. The van der Waals surface area contributed by atoms with Crippen LogP contribution in [0.15, 0.2) is 101 Å². The number of carboxylic acid groups (broad SMARTS) is 1. The van der Waals surface area contributed by atoms with E-state index in [1.54, 1.807) is 6.07 Å². The Kier molecular flexibility index (Phi) is 5.14. The van der Waals surface area contributed by atoms with Crippen LogP contribution in [0.3, 0.4) is 0 Å². The minimum atomic E-state index is -1.01. The standard InChI is InChI=1S/C27H19NO4/c29-24(30)17-31-23-14-13-20-15-22(12-11-21(20)16-23)27-28-25(18-7-3-1-4-8-18)26(32-27)19-9-5-2-6-10-19/h1-16H,17H2,(H,29,30). The number of aliphatic carboxylic acids is 1. The number of carboxylic acids is 1. The second-order valence-corrected chi connectivity index (χ2v) is 7.33. The molecule has 0 fully saturated rings. The van der Waals surface area contributed by atoms with Gasteiger partial charge in [0.25, 0.3) is 0 Å². The van der Waals surface area contributed by atoms with E-state index in [0.717, 1.165) is 38.9 Å². The van der Waals surface area contributed by atoms with Crippen LogP contribution in [-0.2, 0) is 4.79 Å². The van der Waals surface area contributed by atoms with Crippen molar-refractivity contribution in [3.05, 3.63) is 97.1 Å². The van der Waals surface area contributed by atoms with Crippen LogP contribution >= 0.6 is 0 Å². The fraction of sp³-hybridized carbons (Fsp3) is 0.0370. The van der Waals surface area contributed by atoms with Crippen LogP contribution in [0, 0.1) is 0 Å². The minimum absolute atomic E-state index is 0.371. The molecular weight excluding hydrogens is 402 g/mol. The zero-order chi connectivity index (χ0) is 21.9. The minimum Gasteiger partial charge on any atom is -0.482 e. The third-order valence-electron chi connectivity index (χ3n) is 5.13. The maximum absolute atomic E-state index is 10.7. The Labute approximate surface area is 184 Å². The van der Waals surface area contributed by atoms with Crippen molar-refractivity contribution >= 4 is 16.7 Å². The second-order valence-electron chi connectivity index (χ2n) is 7.33. The Morgan fingerprint density at radius 3 is 2.16 bits per heavy atom. The molecule has 4 aromatic carbocycles. The summed E-state index contributed by atoms with van der Waals surface area (Å²) in [6.07, 6.45) is 0. The van der Waals surface area contributed by atoms with E-state index >= 15 is 0 Å². The summed E-state index contributed by atoms with van der Waals surface area (Å²) >= 11 is 0. The smallest absolute Gasteiger partial charge is 0.341 e. The van der Waals surface area contributed by atoms with E-state index in [9.17, 15) is 4.79 Å². The molecule has 156 valence electrons. The summed E-state index contributed by atoms with van der Waals surface area (Å²) in [5.41, 5.74) is 3.61. The lowest BCUT2D eigenvalue weighted by Gasteiger charge is -2.06. The third-order valence-corrected chi connectivity index (χ3v) is 5.13. The molecule has 0 aliphatic carbocycles. The van der Waals surface area contributed by atoms with Gasteiger partial charge in [-0.3, -0.25) is 0 Å². The molecule has 0 spiro atoms. The summed E-state index contributed by atoms with van der Waals surface area (Å²) in [5.74, 6) is 0.773. The Hall–Kier alpha value is -4.38. The van der Waals surface area contributed by atoms with Gasteiger partial charge in [-0.15, -0.1) is 0 Å². The first-order valence-corrected chi connectivity index (χ1v) is 10.2. The zero-order valence-corrected chi connectivity index (χ0v) is 17.1. The quantitative estimate of drug-likeness (QED) is 0.349. The van der Waals surface area contributed by atoms with Gasteiger partial charge in [0.15, 0.2) is 12.4 Å². The summed E-state index contributed by atoms with van der Waals surface area (Å²) in [7, 11) is 0. The molecule has 0 aliphatic rings. The van der Waals surface area contributed by atoms with Gasteiger partial charge in [0, 0.05) is 16.7 Å². The monoisotopic (exact) mass is 421 g/mol. The van der Waals surface area contributed by atoms with Crippen molar-refractivity contribution in [2.45, 2.75) is 0 Å². The van der Waals surface area contributed by atoms with Crippen molar-refractivity contribution in [1.82, 2.24) is 4.98 Å². The maximum Gasteiger partial charge on any atom is 0.341 e. The highest BCUT2D eigenvalue weighted by Crippen LogP contribution is 2.36. The lowest BCUT2D eigenvalue weighted by atomic mass is 10.1. The molecule has 5 rings (SSSR count). The summed E-state index contributed by atoms with van der Waals surface area (Å²) in [6, 6.07) is 31.3. The number of ether oxygens (including phenoxy) is 1. The van der Waals surface area contributed by atoms with Crippen molar-refractivity contribution in [2.24, 2.45) is 0 Å².